The average Bonchev–Trinajstić information content (AvgIpc) is 2.43. The molecule has 0 aliphatic rings. The van der Waals surface area contributed by atoms with Crippen LogP contribution in [0.5, 0.6) is 5.75 Å². The molecule has 2 aromatic rings. The number of benzene rings is 1. The van der Waals surface area contributed by atoms with E-state index in [4.69, 9.17) is 4.74 Å². The fourth-order valence-electron chi connectivity index (χ4n) is 1.92. The minimum atomic E-state index is -0.0117. The van der Waals surface area contributed by atoms with Crippen molar-refractivity contribution in [3.05, 3.63) is 63.0 Å². The molecular formula is C15H17BrN2O2. The molecule has 0 aliphatic heterocycles. The van der Waals surface area contributed by atoms with Crippen molar-refractivity contribution < 1.29 is 4.74 Å². The lowest BCUT2D eigenvalue weighted by molar-refractivity contribution is 0.293. The monoisotopic (exact) mass is 336 g/mol. The Balaban J connectivity index is 2.01. The van der Waals surface area contributed by atoms with Crippen LogP contribution in [0.1, 0.15) is 5.56 Å². The van der Waals surface area contributed by atoms with Gasteiger partial charge in [0, 0.05) is 28.8 Å². The average molecular weight is 337 g/mol. The van der Waals surface area contributed by atoms with E-state index in [2.05, 4.69) is 21.2 Å². The van der Waals surface area contributed by atoms with Gasteiger partial charge < -0.3 is 14.6 Å². The number of nitrogens with one attached hydrogen (secondary N) is 1. The molecule has 0 unspecified atom stereocenters. The molecule has 4 nitrogen and oxygen atoms in total. The molecule has 2 rings (SSSR count). The predicted molar refractivity (Wildman–Crippen MR) is 83.1 cm³/mol. The number of halogens is 1. The molecule has 1 N–H and O–H groups in total. The van der Waals surface area contributed by atoms with Crippen molar-refractivity contribution in [3.8, 4) is 5.75 Å². The normalized spacial score (nSPS) is 10.5. The molecule has 0 aliphatic carbocycles. The largest absolute Gasteiger partial charge is 0.491 e. The van der Waals surface area contributed by atoms with Crippen molar-refractivity contribution >= 4 is 15.9 Å². The van der Waals surface area contributed by atoms with Crippen LogP contribution in [0, 0.1) is 0 Å². The van der Waals surface area contributed by atoms with Gasteiger partial charge in [-0.25, -0.2) is 0 Å². The molecule has 20 heavy (non-hydrogen) atoms. The smallest absolute Gasteiger partial charge is 0.250 e. The van der Waals surface area contributed by atoms with E-state index in [-0.39, 0.29) is 5.56 Å². The molecule has 0 saturated heterocycles. The Morgan fingerprint density at radius 3 is 2.90 bits per heavy atom. The standard InChI is InChI=1S/C15H17BrN2O2/c1-17-11-12-10-13(16)5-6-14(12)20-9-8-18-7-3-2-4-15(18)19/h2-7,10,17H,8-9,11H2,1H3. The number of pyridine rings is 1. The summed E-state index contributed by atoms with van der Waals surface area (Å²) in [6.07, 6.45) is 1.77. The van der Waals surface area contributed by atoms with E-state index < -0.39 is 0 Å². The molecule has 0 amide bonds. The Morgan fingerprint density at radius 1 is 1.30 bits per heavy atom. The maximum atomic E-state index is 11.6. The summed E-state index contributed by atoms with van der Waals surface area (Å²) in [4.78, 5) is 11.6. The second-order valence-corrected chi connectivity index (χ2v) is 5.28. The van der Waals surface area contributed by atoms with Crippen molar-refractivity contribution in [2.24, 2.45) is 0 Å². The summed E-state index contributed by atoms with van der Waals surface area (Å²) in [6, 6.07) is 11.0. The first-order valence-corrected chi connectivity index (χ1v) is 7.21. The van der Waals surface area contributed by atoms with Crippen LogP contribution in [0.2, 0.25) is 0 Å². The Labute approximate surface area is 126 Å². The highest BCUT2D eigenvalue weighted by atomic mass is 79.9. The van der Waals surface area contributed by atoms with E-state index in [1.165, 1.54) is 0 Å². The summed E-state index contributed by atoms with van der Waals surface area (Å²) < 4.78 is 8.44. The molecule has 1 heterocycles. The zero-order chi connectivity index (χ0) is 14.4. The molecular weight excluding hydrogens is 320 g/mol. The van der Waals surface area contributed by atoms with Crippen LogP contribution in [0.4, 0.5) is 0 Å². The molecule has 0 fully saturated rings. The summed E-state index contributed by atoms with van der Waals surface area (Å²) in [6.45, 7) is 1.73. The summed E-state index contributed by atoms with van der Waals surface area (Å²) in [5, 5.41) is 3.11. The van der Waals surface area contributed by atoms with Gasteiger partial charge >= 0.3 is 0 Å². The van der Waals surface area contributed by atoms with Crippen LogP contribution in [0.3, 0.4) is 0 Å². The van der Waals surface area contributed by atoms with Gasteiger partial charge in [-0.15, -0.1) is 0 Å². The van der Waals surface area contributed by atoms with E-state index in [1.54, 1.807) is 22.9 Å². The third-order valence-corrected chi connectivity index (χ3v) is 3.37. The topological polar surface area (TPSA) is 43.3 Å². The summed E-state index contributed by atoms with van der Waals surface area (Å²) in [7, 11) is 1.90. The Bertz CT molecular complexity index is 625. The van der Waals surface area contributed by atoms with Gasteiger partial charge in [-0.05, 0) is 31.3 Å². The van der Waals surface area contributed by atoms with Crippen molar-refractivity contribution in [2.75, 3.05) is 13.7 Å². The van der Waals surface area contributed by atoms with Gasteiger partial charge in [0.2, 0.25) is 0 Å². The van der Waals surface area contributed by atoms with E-state index in [9.17, 15) is 4.79 Å². The highest BCUT2D eigenvalue weighted by molar-refractivity contribution is 9.10. The first kappa shape index (κ1) is 14.8. The highest BCUT2D eigenvalue weighted by Gasteiger charge is 2.04. The fourth-order valence-corrected chi connectivity index (χ4v) is 2.33. The molecule has 5 heteroatoms. The van der Waals surface area contributed by atoms with Gasteiger partial charge in [0.25, 0.3) is 5.56 Å². The molecule has 1 aromatic heterocycles. The minimum Gasteiger partial charge on any atom is -0.491 e. The first-order chi connectivity index (χ1) is 9.70. The summed E-state index contributed by atoms with van der Waals surface area (Å²) in [5.41, 5.74) is 1.07. The van der Waals surface area contributed by atoms with E-state index in [0.29, 0.717) is 13.2 Å². The SMILES string of the molecule is CNCc1cc(Br)ccc1OCCn1ccccc1=O. The molecule has 0 saturated carbocycles. The molecule has 0 atom stereocenters. The summed E-state index contributed by atoms with van der Waals surface area (Å²) >= 11 is 3.45. The number of rotatable bonds is 6. The Morgan fingerprint density at radius 2 is 2.15 bits per heavy atom. The van der Waals surface area contributed by atoms with Gasteiger partial charge in [-0.3, -0.25) is 4.79 Å². The predicted octanol–water partition coefficient (Wildman–Crippen LogP) is 2.41. The summed E-state index contributed by atoms with van der Waals surface area (Å²) in [5.74, 6) is 0.839. The zero-order valence-electron chi connectivity index (χ0n) is 11.3. The van der Waals surface area contributed by atoms with E-state index >= 15 is 0 Å². The van der Waals surface area contributed by atoms with Gasteiger partial charge in [-0.1, -0.05) is 22.0 Å². The van der Waals surface area contributed by atoms with Crippen molar-refractivity contribution in [1.82, 2.24) is 9.88 Å². The van der Waals surface area contributed by atoms with Crippen LogP contribution in [0.25, 0.3) is 0 Å². The second kappa shape index (κ2) is 7.26. The molecule has 0 spiro atoms. The number of ether oxygens (including phenoxy) is 1. The number of hydrogen-bond donors (Lipinski definition) is 1. The van der Waals surface area contributed by atoms with Crippen LogP contribution >= 0.6 is 15.9 Å². The maximum Gasteiger partial charge on any atom is 0.250 e. The lowest BCUT2D eigenvalue weighted by Gasteiger charge is -2.12. The number of hydrogen-bond acceptors (Lipinski definition) is 3. The maximum absolute atomic E-state index is 11.6. The zero-order valence-corrected chi connectivity index (χ0v) is 12.9. The lowest BCUT2D eigenvalue weighted by atomic mass is 10.2. The van der Waals surface area contributed by atoms with Crippen molar-refractivity contribution in [2.45, 2.75) is 13.1 Å². The number of nitrogens with zero attached hydrogens (tertiary/aromatic N) is 1. The van der Waals surface area contributed by atoms with E-state index in [1.807, 2.05) is 31.3 Å². The molecule has 0 bridgehead atoms. The van der Waals surface area contributed by atoms with Crippen LogP contribution in [0.15, 0.2) is 51.9 Å². The number of aromatic nitrogens is 1. The Hall–Kier alpha value is -1.59. The van der Waals surface area contributed by atoms with Gasteiger partial charge in [-0.2, -0.15) is 0 Å². The van der Waals surface area contributed by atoms with Crippen molar-refractivity contribution in [3.63, 3.8) is 0 Å². The first-order valence-electron chi connectivity index (χ1n) is 6.42. The minimum absolute atomic E-state index is 0.0117. The third-order valence-electron chi connectivity index (χ3n) is 2.88. The molecule has 106 valence electrons. The van der Waals surface area contributed by atoms with Gasteiger partial charge in [0.05, 0.1) is 6.54 Å². The molecule has 0 radical (unpaired) electrons. The third kappa shape index (κ3) is 3.95. The van der Waals surface area contributed by atoms with Crippen LogP contribution in [-0.4, -0.2) is 18.2 Å². The van der Waals surface area contributed by atoms with Crippen LogP contribution in [-0.2, 0) is 13.1 Å². The van der Waals surface area contributed by atoms with Gasteiger partial charge in [0.15, 0.2) is 0 Å². The highest BCUT2D eigenvalue weighted by Crippen LogP contribution is 2.23. The second-order valence-electron chi connectivity index (χ2n) is 4.36. The van der Waals surface area contributed by atoms with Crippen molar-refractivity contribution in [1.29, 1.82) is 0 Å². The quantitative estimate of drug-likeness (QED) is 0.880. The van der Waals surface area contributed by atoms with E-state index in [0.717, 1.165) is 22.3 Å². The van der Waals surface area contributed by atoms with Gasteiger partial charge in [0.1, 0.15) is 12.4 Å². The fraction of sp³-hybridized carbons (Fsp3) is 0.267. The molecule has 1 aromatic carbocycles. The van der Waals surface area contributed by atoms with Crippen LogP contribution < -0.4 is 15.6 Å². The lowest BCUT2D eigenvalue weighted by Crippen LogP contribution is -2.21. The Kier molecular flexibility index (Phi) is 5.38.